The molecule has 0 rings (SSSR count). The quantitative estimate of drug-likeness (QED) is 0.349. The van der Waals surface area contributed by atoms with Gasteiger partial charge < -0.3 is 19.5 Å². The summed E-state index contributed by atoms with van der Waals surface area (Å²) in [5, 5.41) is 3.03. The van der Waals surface area contributed by atoms with Crippen molar-refractivity contribution >= 4 is 5.97 Å². The number of hydrogen-bond donors (Lipinski definition) is 1. The molecule has 1 unspecified atom stereocenters. The summed E-state index contributed by atoms with van der Waals surface area (Å²) in [5.41, 5.74) is 0.384. The van der Waals surface area contributed by atoms with E-state index in [-0.39, 0.29) is 12.7 Å². The Balaban J connectivity index is 3.62. The second-order valence-corrected chi connectivity index (χ2v) is 3.77. The zero-order chi connectivity index (χ0) is 13.1. The Labute approximate surface area is 103 Å². The van der Waals surface area contributed by atoms with Gasteiger partial charge in [0.05, 0.1) is 6.61 Å². The van der Waals surface area contributed by atoms with Crippen LogP contribution >= 0.6 is 0 Å². The van der Waals surface area contributed by atoms with E-state index in [4.69, 9.17) is 14.2 Å². The molecule has 0 spiro atoms. The van der Waals surface area contributed by atoms with Crippen LogP contribution in [0.3, 0.4) is 0 Å². The van der Waals surface area contributed by atoms with Crippen molar-refractivity contribution in [3.8, 4) is 0 Å². The van der Waals surface area contributed by atoms with E-state index in [1.807, 2.05) is 7.05 Å². The molecule has 0 bridgehead atoms. The average Bonchev–Trinajstić information content (AvgIpc) is 2.32. The number of carbonyl (C=O) groups is 1. The van der Waals surface area contributed by atoms with Crippen LogP contribution in [0.25, 0.3) is 0 Å². The fourth-order valence-corrected chi connectivity index (χ4v) is 1.04. The molecule has 0 aliphatic rings. The van der Waals surface area contributed by atoms with Crippen molar-refractivity contribution in [1.82, 2.24) is 5.32 Å². The van der Waals surface area contributed by atoms with Crippen LogP contribution in [0, 0.1) is 0 Å². The van der Waals surface area contributed by atoms with Crippen molar-refractivity contribution in [3.63, 3.8) is 0 Å². The van der Waals surface area contributed by atoms with E-state index in [1.165, 1.54) is 0 Å². The summed E-state index contributed by atoms with van der Waals surface area (Å²) in [5.74, 6) is -0.401. The Morgan fingerprint density at radius 2 is 2.12 bits per heavy atom. The van der Waals surface area contributed by atoms with Gasteiger partial charge in [-0.3, -0.25) is 0 Å². The Hall–Kier alpha value is -0.910. The maximum Gasteiger partial charge on any atom is 0.333 e. The van der Waals surface area contributed by atoms with Crippen molar-refractivity contribution in [3.05, 3.63) is 12.2 Å². The molecule has 1 atom stereocenters. The van der Waals surface area contributed by atoms with Gasteiger partial charge in [0.15, 0.2) is 0 Å². The first-order valence-corrected chi connectivity index (χ1v) is 5.69. The van der Waals surface area contributed by atoms with Gasteiger partial charge in [0.25, 0.3) is 0 Å². The van der Waals surface area contributed by atoms with E-state index in [2.05, 4.69) is 11.9 Å². The van der Waals surface area contributed by atoms with Gasteiger partial charge in [-0.2, -0.15) is 0 Å². The van der Waals surface area contributed by atoms with Crippen LogP contribution in [0.4, 0.5) is 0 Å². The second-order valence-electron chi connectivity index (χ2n) is 3.77. The van der Waals surface area contributed by atoms with Crippen LogP contribution in [0.15, 0.2) is 12.2 Å². The van der Waals surface area contributed by atoms with E-state index in [1.54, 1.807) is 14.0 Å². The zero-order valence-electron chi connectivity index (χ0n) is 11.0. The van der Waals surface area contributed by atoms with Crippen LogP contribution in [0.2, 0.25) is 0 Å². The van der Waals surface area contributed by atoms with E-state index in [9.17, 15) is 4.79 Å². The lowest BCUT2D eigenvalue weighted by atomic mass is 10.3. The molecule has 5 heteroatoms. The molecule has 0 saturated heterocycles. The standard InChI is InChI=1S/C12H23NO4/c1-10(2)12(14)17-9-11(15-4)8-16-7-5-6-13-3/h11,13H,1,5-9H2,2-4H3. The van der Waals surface area contributed by atoms with Gasteiger partial charge in [0, 0.05) is 19.3 Å². The molecule has 0 fully saturated rings. The van der Waals surface area contributed by atoms with Gasteiger partial charge in [-0.05, 0) is 26.9 Å². The zero-order valence-corrected chi connectivity index (χ0v) is 11.0. The molecule has 0 aromatic carbocycles. The molecule has 0 radical (unpaired) electrons. The highest BCUT2D eigenvalue weighted by Crippen LogP contribution is 1.98. The first kappa shape index (κ1) is 16.1. The summed E-state index contributed by atoms with van der Waals surface area (Å²) in [4.78, 5) is 11.2. The summed E-state index contributed by atoms with van der Waals surface area (Å²) in [6.07, 6.45) is 0.714. The van der Waals surface area contributed by atoms with Crippen molar-refractivity contribution in [2.75, 3.05) is 40.5 Å². The highest BCUT2D eigenvalue weighted by molar-refractivity contribution is 5.86. The number of methoxy groups -OCH3 is 1. The van der Waals surface area contributed by atoms with Gasteiger partial charge in [-0.1, -0.05) is 6.58 Å². The third kappa shape index (κ3) is 8.85. The largest absolute Gasteiger partial charge is 0.459 e. The monoisotopic (exact) mass is 245 g/mol. The Kier molecular flexibility index (Phi) is 9.71. The molecular weight excluding hydrogens is 222 g/mol. The van der Waals surface area contributed by atoms with Crippen LogP contribution in [-0.4, -0.2) is 52.6 Å². The van der Waals surface area contributed by atoms with Crippen molar-refractivity contribution in [1.29, 1.82) is 0 Å². The number of rotatable bonds is 10. The van der Waals surface area contributed by atoms with Crippen LogP contribution in [0.1, 0.15) is 13.3 Å². The SMILES string of the molecule is C=C(C)C(=O)OCC(COCCCNC)OC. The minimum Gasteiger partial charge on any atom is -0.459 e. The molecule has 0 aliphatic carbocycles. The molecule has 5 nitrogen and oxygen atoms in total. The molecule has 0 aromatic heterocycles. The smallest absolute Gasteiger partial charge is 0.333 e. The Bertz CT molecular complexity index is 231. The van der Waals surface area contributed by atoms with Crippen molar-refractivity contribution in [2.24, 2.45) is 0 Å². The van der Waals surface area contributed by atoms with E-state index in [0.717, 1.165) is 13.0 Å². The van der Waals surface area contributed by atoms with Crippen LogP contribution in [-0.2, 0) is 19.0 Å². The molecule has 1 N–H and O–H groups in total. The lowest BCUT2D eigenvalue weighted by Gasteiger charge is -2.15. The third-order valence-electron chi connectivity index (χ3n) is 2.10. The Morgan fingerprint density at radius 1 is 1.41 bits per heavy atom. The predicted molar refractivity (Wildman–Crippen MR) is 65.9 cm³/mol. The molecule has 0 saturated carbocycles. The summed E-state index contributed by atoms with van der Waals surface area (Å²) in [7, 11) is 3.46. The first-order valence-electron chi connectivity index (χ1n) is 5.69. The molecular formula is C12H23NO4. The lowest BCUT2D eigenvalue weighted by molar-refractivity contribution is -0.144. The number of hydrogen-bond acceptors (Lipinski definition) is 5. The average molecular weight is 245 g/mol. The van der Waals surface area contributed by atoms with E-state index >= 15 is 0 Å². The summed E-state index contributed by atoms with van der Waals surface area (Å²) in [6, 6.07) is 0. The molecule has 0 heterocycles. The van der Waals surface area contributed by atoms with Gasteiger partial charge in [-0.15, -0.1) is 0 Å². The molecule has 100 valence electrons. The molecule has 17 heavy (non-hydrogen) atoms. The van der Waals surface area contributed by atoms with Gasteiger partial charge >= 0.3 is 5.97 Å². The van der Waals surface area contributed by atoms with Gasteiger partial charge in [0.2, 0.25) is 0 Å². The maximum absolute atomic E-state index is 11.2. The first-order chi connectivity index (χ1) is 8.11. The molecule has 0 amide bonds. The minimum absolute atomic E-state index is 0.189. The molecule has 0 aromatic rings. The highest BCUT2D eigenvalue weighted by Gasteiger charge is 2.11. The van der Waals surface area contributed by atoms with Crippen molar-refractivity contribution in [2.45, 2.75) is 19.4 Å². The molecule has 0 aliphatic heterocycles. The highest BCUT2D eigenvalue weighted by atomic mass is 16.6. The van der Waals surface area contributed by atoms with Crippen LogP contribution in [0.5, 0.6) is 0 Å². The van der Waals surface area contributed by atoms with Gasteiger partial charge in [0.1, 0.15) is 12.7 Å². The van der Waals surface area contributed by atoms with E-state index in [0.29, 0.717) is 18.8 Å². The summed E-state index contributed by atoms with van der Waals surface area (Å²) >= 11 is 0. The van der Waals surface area contributed by atoms with Gasteiger partial charge in [-0.25, -0.2) is 4.79 Å². The predicted octanol–water partition coefficient (Wildman–Crippen LogP) is 0.747. The summed E-state index contributed by atoms with van der Waals surface area (Å²) in [6.45, 7) is 7.30. The topological polar surface area (TPSA) is 56.8 Å². The van der Waals surface area contributed by atoms with Crippen LogP contribution < -0.4 is 5.32 Å². The second kappa shape index (κ2) is 10.3. The summed E-state index contributed by atoms with van der Waals surface area (Å²) < 4.78 is 15.5. The normalized spacial score (nSPS) is 12.2. The Morgan fingerprint density at radius 3 is 2.65 bits per heavy atom. The minimum atomic E-state index is -0.401. The fourth-order valence-electron chi connectivity index (χ4n) is 1.04. The number of esters is 1. The van der Waals surface area contributed by atoms with Crippen molar-refractivity contribution < 1.29 is 19.0 Å². The fraction of sp³-hybridized carbons (Fsp3) is 0.750. The van der Waals surface area contributed by atoms with E-state index < -0.39 is 5.97 Å². The number of nitrogens with one attached hydrogen (secondary N) is 1. The lowest BCUT2D eigenvalue weighted by Crippen LogP contribution is -2.26. The number of ether oxygens (including phenoxy) is 3. The number of carbonyl (C=O) groups excluding carboxylic acids is 1. The maximum atomic E-state index is 11.2. The third-order valence-corrected chi connectivity index (χ3v) is 2.10.